The van der Waals surface area contributed by atoms with Gasteiger partial charge in [-0.05, 0) is 37.1 Å². The molecule has 3 heteroatoms. The highest BCUT2D eigenvalue weighted by Gasteiger charge is 2.17. The van der Waals surface area contributed by atoms with Crippen LogP contribution in [0.15, 0.2) is 48.5 Å². The molecule has 0 saturated carbocycles. The molecular formula is C17H20N2O. The van der Waals surface area contributed by atoms with E-state index in [1.807, 2.05) is 36.1 Å². The minimum atomic E-state index is -0.0196. The molecule has 1 amide bonds. The van der Waals surface area contributed by atoms with Gasteiger partial charge >= 0.3 is 0 Å². The van der Waals surface area contributed by atoms with Crippen LogP contribution in [0, 0.1) is 6.92 Å². The van der Waals surface area contributed by atoms with Crippen molar-refractivity contribution in [1.29, 1.82) is 0 Å². The van der Waals surface area contributed by atoms with Gasteiger partial charge in [-0.3, -0.25) is 4.79 Å². The first-order chi connectivity index (χ1) is 9.63. The fourth-order valence-corrected chi connectivity index (χ4v) is 2.18. The van der Waals surface area contributed by atoms with Crippen molar-refractivity contribution in [3.8, 4) is 0 Å². The van der Waals surface area contributed by atoms with Crippen LogP contribution in [-0.4, -0.2) is 17.4 Å². The van der Waals surface area contributed by atoms with E-state index in [0.29, 0.717) is 24.3 Å². The number of nitrogens with zero attached hydrogens (tertiary/aromatic N) is 1. The molecule has 0 unspecified atom stereocenters. The van der Waals surface area contributed by atoms with Crippen LogP contribution in [0.4, 0.5) is 5.69 Å². The Morgan fingerprint density at radius 2 is 1.75 bits per heavy atom. The first-order valence-electron chi connectivity index (χ1n) is 6.81. The van der Waals surface area contributed by atoms with E-state index in [0.717, 1.165) is 5.56 Å². The molecule has 2 aromatic carbocycles. The van der Waals surface area contributed by atoms with Crippen LogP contribution < -0.4 is 5.73 Å². The maximum Gasteiger partial charge on any atom is 0.256 e. The van der Waals surface area contributed by atoms with Gasteiger partial charge in [0, 0.05) is 18.8 Å². The zero-order valence-corrected chi connectivity index (χ0v) is 12.0. The molecule has 0 radical (unpaired) electrons. The fourth-order valence-electron chi connectivity index (χ4n) is 2.18. The summed E-state index contributed by atoms with van der Waals surface area (Å²) >= 11 is 0. The van der Waals surface area contributed by atoms with Crippen molar-refractivity contribution in [2.45, 2.75) is 20.4 Å². The van der Waals surface area contributed by atoms with Crippen LogP contribution in [0.5, 0.6) is 0 Å². The van der Waals surface area contributed by atoms with E-state index in [1.54, 1.807) is 12.1 Å². The molecule has 20 heavy (non-hydrogen) atoms. The zero-order chi connectivity index (χ0) is 14.5. The largest absolute Gasteiger partial charge is 0.398 e. The Kier molecular flexibility index (Phi) is 4.41. The Morgan fingerprint density at radius 1 is 1.10 bits per heavy atom. The smallest absolute Gasteiger partial charge is 0.256 e. The highest BCUT2D eigenvalue weighted by Crippen LogP contribution is 2.17. The minimum absolute atomic E-state index is 0.0196. The zero-order valence-electron chi connectivity index (χ0n) is 12.0. The maximum atomic E-state index is 12.6. The highest BCUT2D eigenvalue weighted by atomic mass is 16.2. The van der Waals surface area contributed by atoms with Crippen molar-refractivity contribution < 1.29 is 4.79 Å². The van der Waals surface area contributed by atoms with Crippen molar-refractivity contribution in [3.05, 3.63) is 65.2 Å². The lowest BCUT2D eigenvalue weighted by molar-refractivity contribution is 0.0753. The van der Waals surface area contributed by atoms with Gasteiger partial charge in [-0.25, -0.2) is 0 Å². The molecule has 2 aromatic rings. The molecule has 0 atom stereocenters. The predicted octanol–water partition coefficient (Wildman–Crippen LogP) is 3.24. The van der Waals surface area contributed by atoms with Crippen molar-refractivity contribution in [2.24, 2.45) is 0 Å². The third-order valence-electron chi connectivity index (χ3n) is 3.48. The maximum absolute atomic E-state index is 12.6. The summed E-state index contributed by atoms with van der Waals surface area (Å²) in [5.74, 6) is -0.0196. The Morgan fingerprint density at radius 3 is 2.40 bits per heavy atom. The number of aryl methyl sites for hydroxylation is 1. The lowest BCUT2D eigenvalue weighted by atomic mass is 10.1. The Balaban J connectivity index is 2.23. The van der Waals surface area contributed by atoms with Crippen LogP contribution in [0.3, 0.4) is 0 Å². The average molecular weight is 268 g/mol. The third-order valence-corrected chi connectivity index (χ3v) is 3.48. The van der Waals surface area contributed by atoms with Crippen LogP contribution in [0.25, 0.3) is 0 Å². The van der Waals surface area contributed by atoms with Gasteiger partial charge in [-0.1, -0.05) is 36.4 Å². The monoisotopic (exact) mass is 268 g/mol. The summed E-state index contributed by atoms with van der Waals surface area (Å²) in [6, 6.07) is 15.3. The lowest BCUT2D eigenvalue weighted by Crippen LogP contribution is -2.31. The molecule has 2 N–H and O–H groups in total. The number of para-hydroxylation sites is 1. The normalized spacial score (nSPS) is 10.3. The average Bonchev–Trinajstić information content (AvgIpc) is 2.46. The fraction of sp³-hybridized carbons (Fsp3) is 0.235. The second kappa shape index (κ2) is 6.24. The highest BCUT2D eigenvalue weighted by molar-refractivity contribution is 5.99. The summed E-state index contributed by atoms with van der Waals surface area (Å²) in [6.07, 6.45) is 0. The van der Waals surface area contributed by atoms with Gasteiger partial charge in [0.1, 0.15) is 0 Å². The Hall–Kier alpha value is -2.29. The molecular weight excluding hydrogens is 248 g/mol. The molecule has 0 aromatic heterocycles. The summed E-state index contributed by atoms with van der Waals surface area (Å²) in [5, 5.41) is 0. The lowest BCUT2D eigenvalue weighted by Gasteiger charge is -2.22. The van der Waals surface area contributed by atoms with E-state index >= 15 is 0 Å². The molecule has 3 nitrogen and oxygen atoms in total. The molecule has 2 rings (SSSR count). The van der Waals surface area contributed by atoms with Crippen LogP contribution >= 0.6 is 0 Å². The summed E-state index contributed by atoms with van der Waals surface area (Å²) in [4.78, 5) is 14.4. The number of anilines is 1. The van der Waals surface area contributed by atoms with E-state index in [-0.39, 0.29) is 5.91 Å². The minimum Gasteiger partial charge on any atom is -0.398 e. The number of carbonyl (C=O) groups excluding carboxylic acids is 1. The summed E-state index contributed by atoms with van der Waals surface area (Å²) in [7, 11) is 0. The first-order valence-corrected chi connectivity index (χ1v) is 6.81. The molecule has 0 bridgehead atoms. The number of amides is 1. The predicted molar refractivity (Wildman–Crippen MR) is 82.4 cm³/mol. The van der Waals surface area contributed by atoms with Crippen molar-refractivity contribution in [2.75, 3.05) is 12.3 Å². The number of carbonyl (C=O) groups is 1. The summed E-state index contributed by atoms with van der Waals surface area (Å²) in [5.41, 5.74) is 9.35. The molecule has 0 fully saturated rings. The van der Waals surface area contributed by atoms with E-state index < -0.39 is 0 Å². The SMILES string of the molecule is CCN(Cc1ccccc1C)C(=O)c1ccccc1N. The molecule has 0 aliphatic carbocycles. The molecule has 0 saturated heterocycles. The van der Waals surface area contributed by atoms with E-state index in [1.165, 1.54) is 5.56 Å². The second-order valence-electron chi connectivity index (χ2n) is 4.83. The number of hydrogen-bond donors (Lipinski definition) is 1. The molecule has 0 spiro atoms. The first kappa shape index (κ1) is 14.1. The third kappa shape index (κ3) is 2.99. The second-order valence-corrected chi connectivity index (χ2v) is 4.83. The number of benzene rings is 2. The van der Waals surface area contributed by atoms with Gasteiger partial charge in [-0.2, -0.15) is 0 Å². The van der Waals surface area contributed by atoms with Crippen LogP contribution in [0.1, 0.15) is 28.4 Å². The topological polar surface area (TPSA) is 46.3 Å². The standard InChI is InChI=1S/C17H20N2O/c1-3-19(12-14-9-5-4-8-13(14)2)17(20)15-10-6-7-11-16(15)18/h4-11H,3,12,18H2,1-2H3. The quantitative estimate of drug-likeness (QED) is 0.865. The van der Waals surface area contributed by atoms with Crippen molar-refractivity contribution in [3.63, 3.8) is 0 Å². The van der Waals surface area contributed by atoms with E-state index in [2.05, 4.69) is 19.1 Å². The van der Waals surface area contributed by atoms with E-state index in [4.69, 9.17) is 5.73 Å². The van der Waals surface area contributed by atoms with Gasteiger partial charge in [0.05, 0.1) is 5.56 Å². The van der Waals surface area contributed by atoms with E-state index in [9.17, 15) is 4.79 Å². The number of rotatable bonds is 4. The number of nitrogens with two attached hydrogens (primary N) is 1. The van der Waals surface area contributed by atoms with Crippen LogP contribution in [-0.2, 0) is 6.54 Å². The van der Waals surface area contributed by atoms with Crippen LogP contribution in [0.2, 0.25) is 0 Å². The van der Waals surface area contributed by atoms with Gasteiger partial charge in [-0.15, -0.1) is 0 Å². The molecule has 0 heterocycles. The Labute approximate surface area is 120 Å². The van der Waals surface area contributed by atoms with Crippen molar-refractivity contribution >= 4 is 11.6 Å². The molecule has 0 aliphatic rings. The molecule has 0 aliphatic heterocycles. The van der Waals surface area contributed by atoms with Gasteiger partial charge in [0.2, 0.25) is 0 Å². The van der Waals surface area contributed by atoms with Gasteiger partial charge in [0.25, 0.3) is 5.91 Å². The van der Waals surface area contributed by atoms with Gasteiger partial charge in [0.15, 0.2) is 0 Å². The number of hydrogen-bond acceptors (Lipinski definition) is 2. The summed E-state index contributed by atoms with van der Waals surface area (Å²) in [6.45, 7) is 5.30. The van der Waals surface area contributed by atoms with Gasteiger partial charge < -0.3 is 10.6 Å². The number of nitrogen functional groups attached to an aromatic ring is 1. The Bertz CT molecular complexity index is 607. The summed E-state index contributed by atoms with van der Waals surface area (Å²) < 4.78 is 0. The molecule has 104 valence electrons. The van der Waals surface area contributed by atoms with Crippen molar-refractivity contribution in [1.82, 2.24) is 4.90 Å².